The van der Waals surface area contributed by atoms with E-state index in [1.54, 1.807) is 27.4 Å². The van der Waals surface area contributed by atoms with Crippen molar-refractivity contribution in [3.05, 3.63) is 83.9 Å². The predicted molar refractivity (Wildman–Crippen MR) is 127 cm³/mol. The molecule has 0 bridgehead atoms. The van der Waals surface area contributed by atoms with Gasteiger partial charge in [0.25, 0.3) is 0 Å². The van der Waals surface area contributed by atoms with E-state index in [0.717, 1.165) is 16.5 Å². The van der Waals surface area contributed by atoms with E-state index in [1.165, 1.54) is 0 Å². The third kappa shape index (κ3) is 4.00. The highest BCUT2D eigenvalue weighted by molar-refractivity contribution is 7.89. The van der Waals surface area contributed by atoms with Crippen LogP contribution in [0.15, 0.2) is 84.0 Å². The van der Waals surface area contributed by atoms with Crippen LogP contribution in [0.4, 0.5) is 0 Å². The molecule has 1 aliphatic heterocycles. The lowest BCUT2D eigenvalue weighted by molar-refractivity contribution is 0.144. The maximum absolute atomic E-state index is 13.2. The van der Waals surface area contributed by atoms with E-state index in [1.807, 2.05) is 65.2 Å². The number of sulfonamides is 1. The second-order valence-corrected chi connectivity index (χ2v) is 10.1. The molecule has 7 nitrogen and oxygen atoms in total. The van der Waals surface area contributed by atoms with Crippen molar-refractivity contribution < 1.29 is 8.42 Å². The number of piperazine rings is 1. The Morgan fingerprint density at radius 1 is 0.844 bits per heavy atom. The first kappa shape index (κ1) is 21.0. The summed E-state index contributed by atoms with van der Waals surface area (Å²) in [6.07, 6.45) is 1.72. The molecule has 2 heterocycles. The number of hydrogen-bond acceptors (Lipinski definition) is 5. The van der Waals surface area contributed by atoms with Crippen LogP contribution < -0.4 is 0 Å². The summed E-state index contributed by atoms with van der Waals surface area (Å²) in [4.78, 5) is 2.51. The van der Waals surface area contributed by atoms with Gasteiger partial charge in [0.1, 0.15) is 6.33 Å². The lowest BCUT2D eigenvalue weighted by Gasteiger charge is -2.33. The zero-order valence-electron chi connectivity index (χ0n) is 17.4. The molecule has 0 amide bonds. The number of nitrogens with zero attached hydrogens (tertiary/aromatic N) is 5. The number of fused-ring (bicyclic) bond motifs is 1. The summed E-state index contributed by atoms with van der Waals surface area (Å²) < 4.78 is 32.2. The fraction of sp³-hybridized carbons (Fsp3) is 0.217. The zero-order chi connectivity index (χ0) is 22.1. The van der Waals surface area contributed by atoms with Gasteiger partial charge in [-0.1, -0.05) is 48.5 Å². The van der Waals surface area contributed by atoms with E-state index in [9.17, 15) is 8.42 Å². The van der Waals surface area contributed by atoms with Gasteiger partial charge in [0.2, 0.25) is 14.8 Å². The van der Waals surface area contributed by atoms with Crippen molar-refractivity contribution in [1.29, 1.82) is 0 Å². The summed E-state index contributed by atoms with van der Waals surface area (Å²) in [5.74, 6) is 0. The minimum atomic E-state index is -3.53. The van der Waals surface area contributed by atoms with Gasteiger partial charge in [0, 0.05) is 31.9 Å². The van der Waals surface area contributed by atoms with Gasteiger partial charge in [-0.05, 0) is 47.3 Å². The van der Waals surface area contributed by atoms with Crippen molar-refractivity contribution in [3.63, 3.8) is 0 Å². The molecule has 0 atom stereocenters. The standard InChI is InChI=1S/C23H23N5O2S2/c29-32(30,22-11-10-19-6-4-5-7-20(19)16-22)26-14-12-25(13-15-26)18-28-23(31)27(17-24-28)21-8-2-1-3-9-21/h1-11,16-17H,12-15,18H2. The number of benzene rings is 3. The Kier molecular flexibility index (Phi) is 5.64. The molecule has 9 heteroatoms. The normalized spacial score (nSPS) is 15.9. The SMILES string of the molecule is O=S(=O)(c1ccc2ccccc2c1)N1CCN(Cn2ncn(-c3ccccc3)c2=S)CC1. The third-order valence-corrected chi connectivity index (χ3v) is 8.09. The van der Waals surface area contributed by atoms with Gasteiger partial charge in [-0.25, -0.2) is 13.1 Å². The summed E-state index contributed by atoms with van der Waals surface area (Å²) in [6.45, 7) is 2.63. The molecule has 32 heavy (non-hydrogen) atoms. The van der Waals surface area contributed by atoms with Gasteiger partial charge in [0.15, 0.2) is 0 Å². The highest BCUT2D eigenvalue weighted by Gasteiger charge is 2.28. The molecule has 1 aliphatic rings. The summed E-state index contributed by atoms with van der Waals surface area (Å²) in [5.41, 5.74) is 0.968. The van der Waals surface area contributed by atoms with Crippen LogP contribution in [-0.2, 0) is 16.7 Å². The van der Waals surface area contributed by atoms with E-state index in [-0.39, 0.29) is 0 Å². The van der Waals surface area contributed by atoms with E-state index in [2.05, 4.69) is 10.00 Å². The van der Waals surface area contributed by atoms with Crippen LogP contribution in [0, 0.1) is 4.77 Å². The molecule has 164 valence electrons. The molecule has 0 N–H and O–H groups in total. The molecule has 1 fully saturated rings. The first-order valence-electron chi connectivity index (χ1n) is 10.4. The summed E-state index contributed by atoms with van der Waals surface area (Å²) >= 11 is 5.59. The Labute approximate surface area is 192 Å². The Morgan fingerprint density at radius 3 is 2.28 bits per heavy atom. The van der Waals surface area contributed by atoms with Crippen molar-refractivity contribution in [2.75, 3.05) is 26.2 Å². The molecule has 1 aromatic heterocycles. The molecule has 0 radical (unpaired) electrons. The van der Waals surface area contributed by atoms with Gasteiger partial charge in [-0.2, -0.15) is 9.40 Å². The van der Waals surface area contributed by atoms with Crippen molar-refractivity contribution in [2.24, 2.45) is 0 Å². The van der Waals surface area contributed by atoms with Crippen LogP contribution in [0.3, 0.4) is 0 Å². The molecule has 5 rings (SSSR count). The molecule has 0 unspecified atom stereocenters. The molecule has 1 saturated heterocycles. The second kappa shape index (κ2) is 8.59. The van der Waals surface area contributed by atoms with Gasteiger partial charge >= 0.3 is 0 Å². The summed E-state index contributed by atoms with van der Waals surface area (Å²) in [7, 11) is -3.53. The van der Waals surface area contributed by atoms with E-state index >= 15 is 0 Å². The molecule has 0 aliphatic carbocycles. The first-order valence-corrected chi connectivity index (χ1v) is 12.3. The van der Waals surface area contributed by atoms with E-state index in [0.29, 0.717) is 42.5 Å². The Morgan fingerprint density at radius 2 is 1.53 bits per heavy atom. The minimum absolute atomic E-state index is 0.341. The predicted octanol–water partition coefficient (Wildman–Crippen LogP) is 3.52. The molecule has 0 spiro atoms. The molecular formula is C23H23N5O2S2. The van der Waals surface area contributed by atoms with Crippen LogP contribution in [-0.4, -0.2) is 58.1 Å². The lowest BCUT2D eigenvalue weighted by atomic mass is 10.1. The second-order valence-electron chi connectivity index (χ2n) is 7.79. The van der Waals surface area contributed by atoms with Gasteiger partial charge in [-0.15, -0.1) is 0 Å². The topological polar surface area (TPSA) is 63.4 Å². The molecule has 4 aromatic rings. The maximum atomic E-state index is 13.2. The van der Waals surface area contributed by atoms with Crippen molar-refractivity contribution >= 4 is 33.0 Å². The largest absolute Gasteiger partial charge is 0.282 e. The van der Waals surface area contributed by atoms with Crippen molar-refractivity contribution in [3.8, 4) is 5.69 Å². The van der Waals surface area contributed by atoms with Crippen LogP contribution in [0.25, 0.3) is 16.5 Å². The van der Waals surface area contributed by atoms with Crippen molar-refractivity contribution in [1.82, 2.24) is 23.6 Å². The number of para-hydroxylation sites is 1. The average molecular weight is 466 g/mol. The number of aromatic nitrogens is 3. The number of rotatable bonds is 5. The van der Waals surface area contributed by atoms with Gasteiger partial charge < -0.3 is 0 Å². The fourth-order valence-electron chi connectivity index (χ4n) is 3.98. The van der Waals surface area contributed by atoms with Gasteiger partial charge in [0.05, 0.1) is 11.6 Å². The van der Waals surface area contributed by atoms with Crippen molar-refractivity contribution in [2.45, 2.75) is 11.6 Å². The summed E-state index contributed by atoms with van der Waals surface area (Å²) in [5, 5.41) is 6.39. The first-order chi connectivity index (χ1) is 15.5. The monoisotopic (exact) mass is 465 g/mol. The maximum Gasteiger partial charge on any atom is 0.243 e. The van der Waals surface area contributed by atoms with Crippen LogP contribution in [0.1, 0.15) is 0 Å². The Hall–Kier alpha value is -2.85. The molecule has 3 aromatic carbocycles. The lowest BCUT2D eigenvalue weighted by Crippen LogP contribution is -2.48. The minimum Gasteiger partial charge on any atom is -0.282 e. The fourth-order valence-corrected chi connectivity index (χ4v) is 5.69. The average Bonchev–Trinajstić information content (AvgIpc) is 3.19. The molecule has 0 saturated carbocycles. The quantitative estimate of drug-likeness (QED) is 0.422. The van der Waals surface area contributed by atoms with E-state index < -0.39 is 10.0 Å². The van der Waals surface area contributed by atoms with Crippen LogP contribution >= 0.6 is 12.2 Å². The highest BCUT2D eigenvalue weighted by atomic mass is 32.2. The van der Waals surface area contributed by atoms with E-state index in [4.69, 9.17) is 12.2 Å². The van der Waals surface area contributed by atoms with Crippen LogP contribution in [0.2, 0.25) is 0 Å². The van der Waals surface area contributed by atoms with Crippen LogP contribution in [0.5, 0.6) is 0 Å². The third-order valence-electron chi connectivity index (χ3n) is 5.79. The molecular weight excluding hydrogens is 442 g/mol. The zero-order valence-corrected chi connectivity index (χ0v) is 19.0. The Bertz CT molecular complexity index is 1410. The highest BCUT2D eigenvalue weighted by Crippen LogP contribution is 2.23. The Balaban J connectivity index is 1.27. The smallest absolute Gasteiger partial charge is 0.243 e. The number of hydrogen-bond donors (Lipinski definition) is 0. The summed E-state index contributed by atoms with van der Waals surface area (Å²) in [6, 6.07) is 23.0. The van der Waals surface area contributed by atoms with Gasteiger partial charge in [-0.3, -0.25) is 9.47 Å².